The first-order chi connectivity index (χ1) is 66.3. The third-order valence-corrected chi connectivity index (χ3v) is 28.9. The van der Waals surface area contributed by atoms with E-state index in [1.165, 1.54) is 122 Å². The van der Waals surface area contributed by atoms with Gasteiger partial charge in [0.25, 0.3) is 0 Å². The molecule has 28 heteroatoms. The number of phenolic OH excluding ortho intramolecular Hbond substituents is 1. The molecule has 0 unspecified atom stereocenters. The molecule has 12 rings (SSSR count). The molecule has 5 N–H and O–H groups in total. The Morgan fingerprint density at radius 1 is 0.338 bits per heavy atom. The van der Waals surface area contributed by atoms with Crippen LogP contribution >= 0.6 is 47.0 Å². The van der Waals surface area contributed by atoms with Crippen molar-refractivity contribution in [3.63, 3.8) is 0 Å². The van der Waals surface area contributed by atoms with E-state index in [-0.39, 0.29) is 53.8 Å². The van der Waals surface area contributed by atoms with E-state index in [1.807, 2.05) is 112 Å². The Morgan fingerprint density at radius 3 is 0.863 bits per heavy atom. The summed E-state index contributed by atoms with van der Waals surface area (Å²) in [5.41, 5.74) is 15.8. The van der Waals surface area contributed by atoms with Crippen LogP contribution in [0.4, 0.5) is 0 Å². The Labute approximate surface area is 839 Å². The van der Waals surface area contributed by atoms with Crippen LogP contribution in [0.2, 0.25) is 0 Å². The summed E-state index contributed by atoms with van der Waals surface area (Å²) < 4.78 is 76.3. The molecule has 8 aromatic carbocycles. The Balaban J connectivity index is 0.000000207. The second-order valence-corrected chi connectivity index (χ2v) is 41.0. The fourth-order valence-corrected chi connectivity index (χ4v) is 20.3. The van der Waals surface area contributed by atoms with Crippen molar-refractivity contribution in [3.8, 4) is 23.0 Å². The van der Waals surface area contributed by atoms with Crippen molar-refractivity contribution in [2.45, 2.75) is 289 Å². The molecule has 24 nitrogen and oxygen atoms in total. The summed E-state index contributed by atoms with van der Waals surface area (Å²) in [6.45, 7) is 33.2. The number of benzene rings is 8. The van der Waals surface area contributed by atoms with Gasteiger partial charge < -0.3 is 87.1 Å². The van der Waals surface area contributed by atoms with Crippen molar-refractivity contribution in [3.05, 3.63) is 259 Å². The lowest BCUT2D eigenvalue weighted by Gasteiger charge is -2.44. The summed E-state index contributed by atoms with van der Waals surface area (Å²) in [6, 6.07) is 56.7. The minimum Gasteiger partial charge on any atom is -0.508 e. The van der Waals surface area contributed by atoms with Gasteiger partial charge in [-0.3, -0.25) is 28.8 Å². The highest BCUT2D eigenvalue weighted by atomic mass is 32.2. The zero-order chi connectivity index (χ0) is 101. The van der Waals surface area contributed by atoms with Gasteiger partial charge in [-0.25, -0.2) is 0 Å². The fourth-order valence-electron chi connectivity index (χ4n) is 17.5. The second kappa shape index (κ2) is 55.5. The topological polar surface area (TPSA) is 324 Å². The van der Waals surface area contributed by atoms with Crippen molar-refractivity contribution < 1.29 is 116 Å². The molecule has 0 aromatic heterocycles. The van der Waals surface area contributed by atoms with Gasteiger partial charge in [0.1, 0.15) is 87.5 Å². The molecule has 0 amide bonds. The lowest BCUT2D eigenvalue weighted by atomic mass is 9.85. The number of carbonyl (C=O) groups is 6. The summed E-state index contributed by atoms with van der Waals surface area (Å²) in [6.07, 6.45) is 8.66. The first-order valence-corrected chi connectivity index (χ1v) is 53.2. The molecule has 0 bridgehead atoms. The highest BCUT2D eigenvalue weighted by Gasteiger charge is 2.52. The summed E-state index contributed by atoms with van der Waals surface area (Å²) >= 11 is 5.62. The van der Waals surface area contributed by atoms with Crippen molar-refractivity contribution in [2.75, 3.05) is 51.5 Å². The normalized spacial score (nSPS) is 24.4. The predicted octanol–water partition coefficient (Wildman–Crippen LogP) is 20.6. The lowest BCUT2D eigenvalue weighted by Crippen LogP contribution is -2.52. The number of aromatic hydroxyl groups is 1. The quantitative estimate of drug-likeness (QED) is 0.0137. The number of carbonyl (C=O) groups excluding carboxylic acids is 6. The van der Waals surface area contributed by atoms with Crippen LogP contribution in [0, 0.1) is 50.9 Å². The molecule has 758 valence electrons. The second-order valence-electron chi connectivity index (χ2n) is 37.2. The third-order valence-electron chi connectivity index (χ3n) is 25.5. The van der Waals surface area contributed by atoms with E-state index in [0.717, 1.165) is 157 Å². The van der Waals surface area contributed by atoms with Gasteiger partial charge in [-0.15, -0.1) is 47.0 Å². The van der Waals surface area contributed by atoms with Gasteiger partial charge in [0.15, 0.2) is 18.3 Å². The zero-order valence-electron chi connectivity index (χ0n) is 84.4. The first-order valence-electron chi connectivity index (χ1n) is 48.0. The molecular weight excluding hydrogens is 1850 g/mol. The van der Waals surface area contributed by atoms with Crippen LogP contribution in [-0.2, 0) is 102 Å². The number of unbranched alkanes of at least 4 members (excludes halogenated alkanes) is 3. The first kappa shape index (κ1) is 113. The highest BCUT2D eigenvalue weighted by Crippen LogP contribution is 2.47. The molecule has 0 radical (unpaired) electrons. The van der Waals surface area contributed by atoms with E-state index in [0.29, 0.717) is 6.61 Å². The number of thioether (sulfide) groups is 4. The largest absolute Gasteiger partial charge is 0.508 e. The number of aryl methyl sites for hydroxylation is 4. The molecule has 4 aliphatic rings. The average Bonchev–Trinajstić information content (AvgIpc) is 0.760. The molecule has 8 aromatic rings. The Morgan fingerprint density at radius 2 is 0.597 bits per heavy atom. The number of hydrogen-bond acceptors (Lipinski definition) is 28. The maximum absolute atomic E-state index is 11.9. The maximum atomic E-state index is 11.9. The lowest BCUT2D eigenvalue weighted by molar-refractivity contribution is -0.208. The van der Waals surface area contributed by atoms with Gasteiger partial charge in [0.2, 0.25) is 0 Å². The Kier molecular flexibility index (Phi) is 45.3. The van der Waals surface area contributed by atoms with E-state index in [2.05, 4.69) is 140 Å². The fraction of sp³-hybridized carbons (Fsp3) is 0.514. The number of rotatable bonds is 37. The molecule has 4 heterocycles. The van der Waals surface area contributed by atoms with Crippen LogP contribution in [0.15, 0.2) is 170 Å². The smallest absolute Gasteiger partial charge is 0.303 e. The average molecular weight is 1990 g/mol. The number of aliphatic hydroxyl groups is 4. The molecular formula is C111H146O24S4. The van der Waals surface area contributed by atoms with Gasteiger partial charge in [0, 0.05) is 65.9 Å². The number of phenols is 1. The molecule has 4 aliphatic heterocycles. The Hall–Kier alpha value is -9.14. The van der Waals surface area contributed by atoms with Gasteiger partial charge in [-0.1, -0.05) is 183 Å². The molecule has 0 spiro atoms. The van der Waals surface area contributed by atoms with Crippen molar-refractivity contribution >= 4 is 82.9 Å². The van der Waals surface area contributed by atoms with Gasteiger partial charge in [-0.2, -0.15) is 0 Å². The van der Waals surface area contributed by atoms with Gasteiger partial charge >= 0.3 is 35.8 Å². The standard InChI is InChI=1S/2C29H38O6S.C28H40O6S.C25H30O6S/c2*1-7-8-15-32-25-13-10-22(11-14-25)16-24-17-23(12-9-18(24)2)26-19(3)27(33-20(4)30)28(34-21(5)31)29(35-26)36-6;1-18-7-10-20(26-24(31)23(30)25(32)27(34-26)35-4)16-21(18)15-19-8-11-22(12-9-19)33-14-6-5-13-28(2,3)17-29;1-14-6-9-19(13-20(14)12-18-7-10-21(28)11-8-18)22-15(2)23(29-16(3)26)24(30-17(4)27)25(31-22)32-5/h2*9-14,17,19,26-29H,7-8,15-16H2,1-6H3;7-12,16,23-27,29-32H,5-6,13-15,17H2,1-4H3;6-11,13,15,22-25,28H,12H2,1-5H3/t2*19-,26+,27+,28-,29+;23-,24-,25+,26+,27-;15-,22+,23+,24-,25+/m0010/s1. The summed E-state index contributed by atoms with van der Waals surface area (Å²) in [7, 11) is 0. The zero-order valence-corrected chi connectivity index (χ0v) is 87.7. The highest BCUT2D eigenvalue weighted by molar-refractivity contribution is 7.99. The minimum atomic E-state index is -1.26. The predicted molar refractivity (Wildman–Crippen MR) is 548 cm³/mol. The number of ether oxygens (including phenoxy) is 13. The van der Waals surface area contributed by atoms with Crippen LogP contribution in [0.5, 0.6) is 23.0 Å². The van der Waals surface area contributed by atoms with Gasteiger partial charge in [-0.05, 0) is 253 Å². The van der Waals surface area contributed by atoms with E-state index in [1.54, 1.807) is 18.4 Å². The van der Waals surface area contributed by atoms with Crippen LogP contribution < -0.4 is 14.2 Å². The number of hydrogen-bond donors (Lipinski definition) is 5. The van der Waals surface area contributed by atoms with Crippen molar-refractivity contribution in [2.24, 2.45) is 23.2 Å². The molecule has 4 saturated heterocycles. The number of esters is 6. The van der Waals surface area contributed by atoms with Crippen molar-refractivity contribution in [1.29, 1.82) is 0 Å². The summed E-state index contributed by atoms with van der Waals surface area (Å²) in [5, 5.41) is 49.9. The molecule has 0 aliphatic carbocycles. The van der Waals surface area contributed by atoms with Crippen LogP contribution in [0.1, 0.15) is 248 Å². The van der Waals surface area contributed by atoms with E-state index in [9.17, 15) is 54.3 Å². The van der Waals surface area contributed by atoms with Gasteiger partial charge in [0.05, 0.1) is 38.1 Å². The maximum Gasteiger partial charge on any atom is 0.303 e. The van der Waals surface area contributed by atoms with E-state index in [4.69, 9.17) is 61.6 Å². The van der Waals surface area contributed by atoms with Crippen LogP contribution in [0.25, 0.3) is 0 Å². The third kappa shape index (κ3) is 33.5. The SMILES string of the molecule is CCCCOc1ccc(Cc2cc([C@@H]3O[C@H](SC)[C@@H](OC(C)=O)[C@H](OC(C)=O)[C@H]3C)ccc2C)cc1.CCCCOc1ccc(Cc2cc([C@@H]3O[C@H](SC)[C@@H](OC(C)=O)[C@H](OC(C)=O)[C@H]3C)ccc2C)cc1.CS[C@H]1O[C@@H](c2ccc(C)c(Cc3ccc(O)cc3)c2)[C@H](C)[C@@H](OC(C)=O)[C@@H]1OC(C)=O.CS[C@H]1O[C@@H](c2ccc(C)c(Cc3ccc(OCCCCC(C)(C)CO)cc3)c2)[C@H](O)[C@@H](O)[C@@H]1O. The van der Waals surface area contributed by atoms with E-state index >= 15 is 0 Å². The summed E-state index contributed by atoms with van der Waals surface area (Å²) in [5.74, 6) is -0.302. The summed E-state index contributed by atoms with van der Waals surface area (Å²) in [4.78, 5) is 70.9. The molecule has 0 saturated carbocycles. The Bertz CT molecular complexity index is 5040. The molecule has 20 atom stereocenters. The van der Waals surface area contributed by atoms with Crippen molar-refractivity contribution in [1.82, 2.24) is 0 Å². The van der Waals surface area contributed by atoms with E-state index < -0.39 is 119 Å². The van der Waals surface area contributed by atoms with Crippen LogP contribution in [-0.4, -0.2) is 189 Å². The molecule has 4 fully saturated rings. The monoisotopic (exact) mass is 1990 g/mol. The molecule has 139 heavy (non-hydrogen) atoms. The van der Waals surface area contributed by atoms with Crippen LogP contribution in [0.3, 0.4) is 0 Å². The number of aliphatic hydroxyl groups excluding tert-OH is 4. The minimum absolute atomic E-state index is 0.0317.